The summed E-state index contributed by atoms with van der Waals surface area (Å²) in [6.07, 6.45) is 6.04. The number of hydrogen-bond donors (Lipinski definition) is 1. The second-order valence-electron chi connectivity index (χ2n) is 8.80. The van der Waals surface area contributed by atoms with E-state index in [9.17, 15) is 9.90 Å². The maximum atomic E-state index is 12.1. The van der Waals surface area contributed by atoms with Crippen molar-refractivity contribution in [2.45, 2.75) is 50.2 Å². The molecule has 0 amide bonds. The lowest BCUT2D eigenvalue weighted by molar-refractivity contribution is -0.255. The maximum Gasteiger partial charge on any atom is 0.343 e. The third-order valence-electron chi connectivity index (χ3n) is 7.96. The molecule has 0 aromatic carbocycles. The van der Waals surface area contributed by atoms with Crippen molar-refractivity contribution in [3.8, 4) is 0 Å². The number of hydrogen-bond acceptors (Lipinski definition) is 7. The summed E-state index contributed by atoms with van der Waals surface area (Å²) in [5.74, 6) is 0.924. The Morgan fingerprint density at radius 2 is 2.25 bits per heavy atom. The molecule has 0 aromatic heterocycles. The van der Waals surface area contributed by atoms with E-state index in [1.807, 2.05) is 6.08 Å². The summed E-state index contributed by atoms with van der Waals surface area (Å²) < 4.78 is 24.3. The third-order valence-corrected chi connectivity index (χ3v) is 7.96. The van der Waals surface area contributed by atoms with E-state index in [-0.39, 0.29) is 42.0 Å². The van der Waals surface area contributed by atoms with Gasteiger partial charge in [-0.2, -0.15) is 0 Å². The summed E-state index contributed by atoms with van der Waals surface area (Å²) in [4.78, 5) is 14.7. The molecule has 7 heteroatoms. The van der Waals surface area contributed by atoms with Gasteiger partial charge in [0.1, 0.15) is 5.76 Å². The number of carbonyl (C=O) groups is 1. The van der Waals surface area contributed by atoms with Crippen LogP contribution in [0.5, 0.6) is 0 Å². The van der Waals surface area contributed by atoms with Gasteiger partial charge in [0.05, 0.1) is 42.8 Å². The number of aliphatic hydroxyl groups is 1. The molecule has 0 aliphatic carbocycles. The highest BCUT2D eigenvalue weighted by Gasteiger charge is 2.83. The predicted octanol–water partition coefficient (Wildman–Crippen LogP) is 1.45. The molecular weight excluding hydrogens is 362 g/mol. The minimum Gasteiger partial charge on any atom is -0.492 e. The van der Waals surface area contributed by atoms with Crippen LogP contribution in [0.4, 0.5) is 0 Å². The topological polar surface area (TPSA) is 77.5 Å². The first-order valence-corrected chi connectivity index (χ1v) is 10.1. The Hall–Kier alpha value is -1.83. The number of nitrogens with zero attached hydrogens (tertiary/aromatic N) is 1. The first kappa shape index (κ1) is 17.1. The van der Waals surface area contributed by atoms with Gasteiger partial charge in [0.25, 0.3) is 0 Å². The van der Waals surface area contributed by atoms with Crippen LogP contribution in [0, 0.1) is 17.8 Å². The molecule has 1 N–H and O–H groups in total. The van der Waals surface area contributed by atoms with Gasteiger partial charge >= 0.3 is 5.97 Å². The van der Waals surface area contributed by atoms with Gasteiger partial charge in [-0.1, -0.05) is 19.1 Å². The maximum absolute atomic E-state index is 12.1. The molecule has 6 heterocycles. The molecule has 150 valence electrons. The van der Waals surface area contributed by atoms with E-state index in [0.717, 1.165) is 19.4 Å². The Labute approximate surface area is 163 Å². The van der Waals surface area contributed by atoms with Crippen molar-refractivity contribution in [1.29, 1.82) is 0 Å². The smallest absolute Gasteiger partial charge is 0.343 e. The SMILES string of the molecule is COC1=C(C)C(=O)O/C1=C1\O[C@@]23O[C@@H]4C[C@@H]([C@H]2[C@@H]1C)N1CC[C@H]3[C@@]41/C=C/CO. The molecule has 6 rings (SSSR count). The summed E-state index contributed by atoms with van der Waals surface area (Å²) in [6.45, 7) is 4.91. The number of carbonyl (C=O) groups excluding carboxylic acids is 1. The van der Waals surface area contributed by atoms with Crippen molar-refractivity contribution in [3.05, 3.63) is 35.0 Å². The lowest BCUT2D eigenvalue weighted by Crippen LogP contribution is -2.60. The lowest BCUT2D eigenvalue weighted by Gasteiger charge is -2.47. The fourth-order valence-electron chi connectivity index (χ4n) is 7.15. The van der Waals surface area contributed by atoms with Crippen molar-refractivity contribution in [2.24, 2.45) is 17.8 Å². The number of fused-ring (bicyclic) bond motifs is 1. The van der Waals surface area contributed by atoms with Gasteiger partial charge in [0.15, 0.2) is 5.76 Å². The first-order valence-electron chi connectivity index (χ1n) is 10.1. The van der Waals surface area contributed by atoms with Crippen molar-refractivity contribution in [2.75, 3.05) is 20.3 Å². The summed E-state index contributed by atoms with van der Waals surface area (Å²) >= 11 is 0. The molecule has 5 fully saturated rings. The number of esters is 1. The monoisotopic (exact) mass is 387 g/mol. The van der Waals surface area contributed by atoms with Crippen LogP contribution in [0.3, 0.4) is 0 Å². The van der Waals surface area contributed by atoms with Gasteiger partial charge in [-0.05, 0) is 19.8 Å². The standard InChI is InChI=1S/C21H25NO6/c1-10-15-12-9-14-20(6-4-8-23)13(5-7-22(12)20)21(15,27-14)28-17(10)18-16(25-3)11(2)19(24)26-18/h4,6,10,12-15,23H,5,7-9H2,1-3H3/b6-4+,18-17-/t10-,12-,13-,14+,15+,20-,21+/m0/s1. The fraction of sp³-hybridized carbons (Fsp3) is 0.667. The number of ether oxygens (including phenoxy) is 4. The Bertz CT molecular complexity index is 876. The van der Waals surface area contributed by atoms with Gasteiger partial charge in [-0.25, -0.2) is 4.79 Å². The van der Waals surface area contributed by atoms with E-state index < -0.39 is 5.79 Å². The molecule has 1 unspecified atom stereocenters. The van der Waals surface area contributed by atoms with Gasteiger partial charge in [-0.3, -0.25) is 4.90 Å². The van der Waals surface area contributed by atoms with Crippen LogP contribution >= 0.6 is 0 Å². The molecular formula is C21H25NO6. The summed E-state index contributed by atoms with van der Waals surface area (Å²) in [7, 11) is 1.55. The van der Waals surface area contributed by atoms with E-state index in [1.165, 1.54) is 0 Å². The Morgan fingerprint density at radius 3 is 3.00 bits per heavy atom. The lowest BCUT2D eigenvalue weighted by atomic mass is 9.71. The van der Waals surface area contributed by atoms with Crippen LogP contribution in [-0.4, -0.2) is 59.7 Å². The van der Waals surface area contributed by atoms with Crippen LogP contribution in [0.1, 0.15) is 26.7 Å². The molecule has 5 bridgehead atoms. The zero-order valence-corrected chi connectivity index (χ0v) is 16.3. The van der Waals surface area contributed by atoms with Crippen molar-refractivity contribution < 1.29 is 28.8 Å². The summed E-state index contributed by atoms with van der Waals surface area (Å²) in [5.41, 5.74) is 0.279. The molecule has 0 aromatic rings. The zero-order chi connectivity index (χ0) is 19.4. The molecule has 5 saturated heterocycles. The highest BCUT2D eigenvalue weighted by Crippen LogP contribution is 2.72. The Morgan fingerprint density at radius 1 is 1.43 bits per heavy atom. The molecule has 8 atom stereocenters. The van der Waals surface area contributed by atoms with Crippen LogP contribution in [0.25, 0.3) is 0 Å². The number of cyclic esters (lactones) is 1. The Kier molecular flexibility index (Phi) is 3.17. The third kappa shape index (κ3) is 1.60. The minimum atomic E-state index is -0.691. The highest BCUT2D eigenvalue weighted by molar-refractivity contribution is 5.93. The quantitative estimate of drug-likeness (QED) is 0.580. The van der Waals surface area contributed by atoms with Crippen molar-refractivity contribution in [1.82, 2.24) is 4.90 Å². The number of allylic oxidation sites excluding steroid dienone is 1. The van der Waals surface area contributed by atoms with E-state index in [1.54, 1.807) is 14.0 Å². The molecule has 6 aliphatic heterocycles. The first-order chi connectivity index (χ1) is 13.5. The van der Waals surface area contributed by atoms with Gasteiger partial charge < -0.3 is 24.1 Å². The number of piperidine rings is 1. The zero-order valence-electron chi connectivity index (χ0n) is 16.3. The van der Waals surface area contributed by atoms with E-state index >= 15 is 0 Å². The minimum absolute atomic E-state index is 0.0277. The molecule has 1 spiro atoms. The normalized spacial score (nSPS) is 52.8. The summed E-state index contributed by atoms with van der Waals surface area (Å²) in [5, 5.41) is 9.38. The predicted molar refractivity (Wildman–Crippen MR) is 96.3 cm³/mol. The van der Waals surface area contributed by atoms with E-state index in [0.29, 0.717) is 28.9 Å². The van der Waals surface area contributed by atoms with Crippen LogP contribution in [-0.2, 0) is 23.7 Å². The van der Waals surface area contributed by atoms with Gasteiger partial charge in [0, 0.05) is 18.5 Å². The number of methoxy groups -OCH3 is 1. The van der Waals surface area contributed by atoms with Crippen LogP contribution in [0.2, 0.25) is 0 Å². The van der Waals surface area contributed by atoms with E-state index in [4.69, 9.17) is 18.9 Å². The number of aliphatic hydroxyl groups excluding tert-OH is 1. The van der Waals surface area contributed by atoms with Crippen molar-refractivity contribution >= 4 is 5.97 Å². The molecule has 0 radical (unpaired) electrons. The molecule has 0 saturated carbocycles. The van der Waals surface area contributed by atoms with Crippen LogP contribution < -0.4 is 0 Å². The highest BCUT2D eigenvalue weighted by atomic mass is 16.7. The Balaban J connectivity index is 1.49. The van der Waals surface area contributed by atoms with Gasteiger partial charge in [-0.15, -0.1) is 0 Å². The average molecular weight is 387 g/mol. The second-order valence-corrected chi connectivity index (χ2v) is 8.80. The van der Waals surface area contributed by atoms with E-state index in [2.05, 4.69) is 17.9 Å². The van der Waals surface area contributed by atoms with Gasteiger partial charge in [0.2, 0.25) is 11.5 Å². The number of rotatable bonds is 3. The molecule has 7 nitrogen and oxygen atoms in total. The summed E-state index contributed by atoms with van der Waals surface area (Å²) in [6, 6.07) is 0.363. The van der Waals surface area contributed by atoms with Crippen molar-refractivity contribution in [3.63, 3.8) is 0 Å². The molecule has 28 heavy (non-hydrogen) atoms. The largest absolute Gasteiger partial charge is 0.492 e. The average Bonchev–Trinajstić information content (AvgIpc) is 3.38. The molecule has 6 aliphatic rings. The van der Waals surface area contributed by atoms with Crippen LogP contribution in [0.15, 0.2) is 35.0 Å². The fourth-order valence-corrected chi connectivity index (χ4v) is 7.15. The second kappa shape index (κ2) is 5.20.